The van der Waals surface area contributed by atoms with Gasteiger partial charge in [-0.05, 0) is 67.9 Å². The molecule has 6 nitrogen and oxygen atoms in total. The van der Waals surface area contributed by atoms with Gasteiger partial charge in [-0.3, -0.25) is 0 Å². The van der Waals surface area contributed by atoms with Crippen molar-refractivity contribution >= 4 is 11.6 Å². The molecule has 2 spiro atoms. The summed E-state index contributed by atoms with van der Waals surface area (Å²) < 4.78 is 18.9. The number of aliphatic imine (C=N–C) groups is 1. The first-order valence-electron chi connectivity index (χ1n) is 11.0. The zero-order valence-corrected chi connectivity index (χ0v) is 18.3. The first-order chi connectivity index (χ1) is 15.4. The second kappa shape index (κ2) is 7.58. The number of guanidine groups is 1. The van der Waals surface area contributed by atoms with Crippen molar-refractivity contribution in [2.75, 3.05) is 7.05 Å². The van der Waals surface area contributed by atoms with E-state index in [2.05, 4.69) is 23.0 Å². The maximum absolute atomic E-state index is 13.4. The van der Waals surface area contributed by atoms with Gasteiger partial charge in [0.25, 0.3) is 0 Å². The number of nitrogens with two attached hydrogens (primary N) is 1. The van der Waals surface area contributed by atoms with Crippen LogP contribution in [0, 0.1) is 12.0 Å². The van der Waals surface area contributed by atoms with E-state index in [4.69, 9.17) is 26.9 Å². The van der Waals surface area contributed by atoms with Crippen LogP contribution in [0.4, 0.5) is 10.1 Å². The SMILES string of the molecule is [C-]#[N+]c1cccc(-c2ccc3c(c2)C2(N=C(N)N(C)O2)C2(CCC(OC(C)F)CC2)C3)c1. The van der Waals surface area contributed by atoms with Crippen LogP contribution in [0.15, 0.2) is 47.5 Å². The summed E-state index contributed by atoms with van der Waals surface area (Å²) in [7, 11) is 1.78. The van der Waals surface area contributed by atoms with Crippen LogP contribution in [0.5, 0.6) is 0 Å². The first-order valence-corrected chi connectivity index (χ1v) is 11.0. The van der Waals surface area contributed by atoms with Gasteiger partial charge in [-0.1, -0.05) is 30.3 Å². The number of fused-ring (bicyclic) bond motifs is 3. The first kappa shape index (κ1) is 20.9. The van der Waals surface area contributed by atoms with E-state index in [1.165, 1.54) is 12.5 Å². The third kappa shape index (κ3) is 3.17. The fraction of sp³-hybridized carbons (Fsp3) is 0.440. The Morgan fingerprint density at radius 1 is 1.25 bits per heavy atom. The minimum Gasteiger partial charge on any atom is -0.368 e. The monoisotopic (exact) mass is 434 g/mol. The van der Waals surface area contributed by atoms with Gasteiger partial charge in [0.2, 0.25) is 11.7 Å². The van der Waals surface area contributed by atoms with Crippen molar-refractivity contribution in [3.8, 4) is 11.1 Å². The van der Waals surface area contributed by atoms with Crippen molar-refractivity contribution < 1.29 is 14.0 Å². The second-order valence-electron chi connectivity index (χ2n) is 9.07. The van der Waals surface area contributed by atoms with Gasteiger partial charge in [-0.15, -0.1) is 0 Å². The molecule has 2 aromatic carbocycles. The number of hydrogen-bond donors (Lipinski definition) is 1. The third-order valence-electron chi connectivity index (χ3n) is 7.16. The lowest BCUT2D eigenvalue weighted by Gasteiger charge is -2.45. The Kier molecular flexibility index (Phi) is 4.95. The highest BCUT2D eigenvalue weighted by atomic mass is 19.1. The van der Waals surface area contributed by atoms with Gasteiger partial charge in [0.1, 0.15) is 0 Å². The second-order valence-corrected chi connectivity index (χ2v) is 9.07. The number of benzene rings is 2. The number of nitrogens with zero attached hydrogens (tertiary/aromatic N) is 3. The molecule has 32 heavy (non-hydrogen) atoms. The highest BCUT2D eigenvalue weighted by Crippen LogP contribution is 2.62. The average molecular weight is 435 g/mol. The van der Waals surface area contributed by atoms with Gasteiger partial charge < -0.3 is 10.5 Å². The molecule has 166 valence electrons. The number of ether oxygens (including phenoxy) is 1. The van der Waals surface area contributed by atoms with Crippen molar-refractivity contribution in [1.29, 1.82) is 0 Å². The molecule has 1 saturated carbocycles. The van der Waals surface area contributed by atoms with Crippen molar-refractivity contribution in [2.45, 2.75) is 57.2 Å². The molecular weight excluding hydrogens is 407 g/mol. The van der Waals surface area contributed by atoms with E-state index < -0.39 is 12.1 Å². The molecule has 1 fully saturated rings. The molecular formula is C25H27FN4O2. The van der Waals surface area contributed by atoms with Crippen LogP contribution in [0.25, 0.3) is 16.0 Å². The summed E-state index contributed by atoms with van der Waals surface area (Å²) in [5.41, 5.74) is 9.86. The molecule has 2 unspecified atom stereocenters. The number of hydroxylamine groups is 2. The predicted molar refractivity (Wildman–Crippen MR) is 120 cm³/mol. The van der Waals surface area contributed by atoms with E-state index in [-0.39, 0.29) is 11.5 Å². The topological polar surface area (TPSA) is 64.4 Å². The molecule has 2 atom stereocenters. The molecule has 0 aromatic heterocycles. The highest BCUT2D eigenvalue weighted by molar-refractivity contribution is 5.79. The van der Waals surface area contributed by atoms with Crippen LogP contribution in [0.2, 0.25) is 0 Å². The van der Waals surface area contributed by atoms with Gasteiger partial charge in [-0.2, -0.15) is 0 Å². The Morgan fingerprint density at radius 3 is 2.66 bits per heavy atom. The molecule has 0 saturated heterocycles. The number of alkyl halides is 1. The molecule has 1 aliphatic heterocycles. The van der Waals surface area contributed by atoms with Gasteiger partial charge >= 0.3 is 0 Å². The molecule has 0 bridgehead atoms. The van der Waals surface area contributed by atoms with Crippen LogP contribution in [-0.2, 0) is 21.7 Å². The summed E-state index contributed by atoms with van der Waals surface area (Å²) in [5.74, 6) is 0.355. The van der Waals surface area contributed by atoms with Crippen LogP contribution in [0.3, 0.4) is 0 Å². The van der Waals surface area contributed by atoms with Gasteiger partial charge in [-0.25, -0.2) is 24.1 Å². The molecule has 0 amide bonds. The smallest absolute Gasteiger partial charge is 0.220 e. The largest absolute Gasteiger partial charge is 0.368 e. The van der Waals surface area contributed by atoms with Crippen LogP contribution in [-0.4, -0.2) is 30.5 Å². The van der Waals surface area contributed by atoms with E-state index in [1.807, 2.05) is 18.2 Å². The predicted octanol–water partition coefficient (Wildman–Crippen LogP) is 5.07. The normalized spacial score (nSPS) is 29.8. The van der Waals surface area contributed by atoms with E-state index in [0.717, 1.165) is 48.8 Å². The van der Waals surface area contributed by atoms with Crippen LogP contribution in [0.1, 0.15) is 43.7 Å². The zero-order valence-electron chi connectivity index (χ0n) is 18.3. The fourth-order valence-corrected chi connectivity index (χ4v) is 5.63. The summed E-state index contributed by atoms with van der Waals surface area (Å²) >= 11 is 0. The number of halogens is 1. The highest BCUT2D eigenvalue weighted by Gasteiger charge is 2.63. The fourth-order valence-electron chi connectivity index (χ4n) is 5.63. The van der Waals surface area contributed by atoms with Gasteiger partial charge in [0, 0.05) is 18.0 Å². The van der Waals surface area contributed by atoms with Crippen molar-refractivity contribution in [3.63, 3.8) is 0 Å². The van der Waals surface area contributed by atoms with Crippen molar-refractivity contribution in [3.05, 3.63) is 65.0 Å². The standard InChI is InChI=1S/C25H27FN4O2/c1-16(26)31-21-9-11-24(12-10-21)15-19-8-7-18(17-5-4-6-20(13-17)28-2)14-22(19)25(24)29-23(27)30(3)32-25/h4-8,13-14,16,21H,9-12,15H2,1,3H3,(H2,27,29). The van der Waals surface area contributed by atoms with E-state index in [9.17, 15) is 4.39 Å². The van der Waals surface area contributed by atoms with E-state index in [1.54, 1.807) is 18.2 Å². The minimum atomic E-state index is -1.26. The van der Waals surface area contributed by atoms with Crippen LogP contribution >= 0.6 is 0 Å². The molecule has 5 rings (SSSR count). The van der Waals surface area contributed by atoms with Gasteiger partial charge in [0.05, 0.1) is 12.7 Å². The minimum absolute atomic E-state index is 0.0891. The summed E-state index contributed by atoms with van der Waals surface area (Å²) in [4.78, 5) is 14.9. The Hall–Kier alpha value is -2.95. The van der Waals surface area contributed by atoms with Crippen molar-refractivity contribution in [1.82, 2.24) is 5.06 Å². The average Bonchev–Trinajstić information content (AvgIpc) is 3.23. The summed E-state index contributed by atoms with van der Waals surface area (Å²) in [5, 5.41) is 1.55. The van der Waals surface area contributed by atoms with E-state index in [0.29, 0.717) is 11.6 Å². The Balaban J connectivity index is 1.56. The molecule has 2 N–H and O–H groups in total. The maximum Gasteiger partial charge on any atom is 0.220 e. The molecule has 7 heteroatoms. The lowest BCUT2D eigenvalue weighted by molar-refractivity contribution is -0.234. The molecule has 2 aromatic rings. The summed E-state index contributed by atoms with van der Waals surface area (Å²) in [6, 6.07) is 14.0. The quantitative estimate of drug-likeness (QED) is 0.686. The van der Waals surface area contributed by atoms with Gasteiger partial charge in [0.15, 0.2) is 12.0 Å². The lowest BCUT2D eigenvalue weighted by Crippen LogP contribution is -2.46. The van der Waals surface area contributed by atoms with Crippen LogP contribution < -0.4 is 5.73 Å². The number of rotatable bonds is 3. The van der Waals surface area contributed by atoms with E-state index >= 15 is 0 Å². The Bertz CT molecular complexity index is 1120. The summed E-state index contributed by atoms with van der Waals surface area (Å²) in [6.07, 6.45) is 2.61. The molecule has 1 heterocycles. The molecule has 3 aliphatic rings. The maximum atomic E-state index is 13.4. The molecule has 2 aliphatic carbocycles. The Labute approximate surface area is 187 Å². The Morgan fingerprint density at radius 2 is 2.00 bits per heavy atom. The molecule has 0 radical (unpaired) electrons. The number of hydrogen-bond acceptors (Lipinski definition) is 5. The van der Waals surface area contributed by atoms with Crippen molar-refractivity contribution in [2.24, 2.45) is 16.1 Å². The zero-order chi connectivity index (χ0) is 22.5. The lowest BCUT2D eigenvalue weighted by atomic mass is 9.66. The third-order valence-corrected chi connectivity index (χ3v) is 7.16. The summed E-state index contributed by atoms with van der Waals surface area (Å²) in [6.45, 7) is 8.76.